The van der Waals surface area contributed by atoms with E-state index in [9.17, 15) is 13.9 Å². The molecule has 3 saturated heterocycles. The SMILES string of the molecule is C#Cc1c(F)ccc2cc(O)cc(-c3ncc4c(N5CCCOCC5C)nc(OC[C@@]56CCCN5C[C@H](F)C6)nc4c3F)c12. The predicted molar refractivity (Wildman–Crippen MR) is 161 cm³/mol. The van der Waals surface area contributed by atoms with Gasteiger partial charge in [-0.25, -0.2) is 13.2 Å². The molecule has 5 heterocycles. The highest BCUT2D eigenvalue weighted by molar-refractivity contribution is 6.03. The van der Waals surface area contributed by atoms with Crippen LogP contribution >= 0.6 is 0 Å². The molecule has 0 radical (unpaired) electrons. The Morgan fingerprint density at radius 1 is 1.20 bits per heavy atom. The van der Waals surface area contributed by atoms with E-state index in [4.69, 9.17) is 20.9 Å². The molecule has 0 saturated carbocycles. The summed E-state index contributed by atoms with van der Waals surface area (Å²) < 4.78 is 57.9. The summed E-state index contributed by atoms with van der Waals surface area (Å²) in [6.45, 7) is 5.02. The number of anilines is 1. The number of hydrogen-bond acceptors (Lipinski definition) is 8. The highest BCUT2D eigenvalue weighted by Gasteiger charge is 2.49. The van der Waals surface area contributed by atoms with Gasteiger partial charge in [-0.15, -0.1) is 6.42 Å². The average molecular weight is 604 g/mol. The van der Waals surface area contributed by atoms with Crippen molar-refractivity contribution >= 4 is 27.5 Å². The molecule has 0 aliphatic carbocycles. The van der Waals surface area contributed by atoms with Crippen molar-refractivity contribution in [3.63, 3.8) is 0 Å². The maximum absolute atomic E-state index is 16.7. The second-order valence-corrected chi connectivity index (χ2v) is 12.0. The third kappa shape index (κ3) is 4.77. The van der Waals surface area contributed by atoms with E-state index in [1.807, 2.05) is 11.8 Å². The molecule has 44 heavy (non-hydrogen) atoms. The van der Waals surface area contributed by atoms with Crippen LogP contribution in [0.4, 0.5) is 19.0 Å². The third-order valence-electron chi connectivity index (χ3n) is 9.18. The fourth-order valence-corrected chi connectivity index (χ4v) is 7.11. The number of alkyl halides is 1. The molecule has 1 N–H and O–H groups in total. The minimum absolute atomic E-state index is 0.0272. The largest absolute Gasteiger partial charge is 0.508 e. The number of fused-ring (bicyclic) bond motifs is 3. The van der Waals surface area contributed by atoms with Crippen LogP contribution < -0.4 is 9.64 Å². The van der Waals surface area contributed by atoms with Crippen molar-refractivity contribution < 1.29 is 27.8 Å². The maximum atomic E-state index is 16.7. The van der Waals surface area contributed by atoms with Gasteiger partial charge in [-0.1, -0.05) is 12.0 Å². The Hall–Kier alpha value is -4.14. The lowest BCUT2D eigenvalue weighted by molar-refractivity contribution is 0.107. The first-order valence-electron chi connectivity index (χ1n) is 14.9. The van der Waals surface area contributed by atoms with Crippen LogP contribution in [0.1, 0.15) is 38.2 Å². The lowest BCUT2D eigenvalue weighted by atomic mass is 9.95. The number of hydrogen-bond donors (Lipinski definition) is 1. The van der Waals surface area contributed by atoms with Crippen molar-refractivity contribution in [2.45, 2.75) is 50.4 Å². The summed E-state index contributed by atoms with van der Waals surface area (Å²) in [7, 11) is 0. The molecule has 3 fully saturated rings. The van der Waals surface area contributed by atoms with Crippen molar-refractivity contribution in [2.24, 2.45) is 0 Å². The molecule has 2 aromatic heterocycles. The topological polar surface area (TPSA) is 83.8 Å². The first-order valence-corrected chi connectivity index (χ1v) is 14.9. The fourth-order valence-electron chi connectivity index (χ4n) is 7.11. The molecule has 2 aromatic carbocycles. The van der Waals surface area contributed by atoms with Gasteiger partial charge in [-0.05, 0) is 56.3 Å². The van der Waals surface area contributed by atoms with E-state index in [0.717, 1.165) is 25.8 Å². The number of rotatable bonds is 5. The number of phenolic OH excluding ortho intramolecular Hbond substituents is 1. The van der Waals surface area contributed by atoms with Crippen LogP contribution in [-0.2, 0) is 4.74 Å². The summed E-state index contributed by atoms with van der Waals surface area (Å²) in [5, 5.41) is 11.6. The second kappa shape index (κ2) is 11.1. The minimum atomic E-state index is -0.925. The molecule has 4 aromatic rings. The fraction of sp³-hybridized carbons (Fsp3) is 0.424. The zero-order chi connectivity index (χ0) is 30.6. The van der Waals surface area contributed by atoms with Gasteiger partial charge in [0.2, 0.25) is 0 Å². The predicted octanol–water partition coefficient (Wildman–Crippen LogP) is 5.38. The Kier molecular flexibility index (Phi) is 7.22. The van der Waals surface area contributed by atoms with Crippen molar-refractivity contribution in [3.8, 4) is 35.4 Å². The van der Waals surface area contributed by atoms with E-state index in [0.29, 0.717) is 49.3 Å². The molecule has 7 rings (SSSR count). The number of pyridine rings is 1. The van der Waals surface area contributed by atoms with Crippen molar-refractivity contribution in [2.75, 3.05) is 44.4 Å². The van der Waals surface area contributed by atoms with Crippen LogP contribution in [-0.4, -0.2) is 82.2 Å². The van der Waals surface area contributed by atoms with Gasteiger partial charge in [0.1, 0.15) is 41.4 Å². The molecule has 11 heteroatoms. The molecule has 1 unspecified atom stereocenters. The third-order valence-corrected chi connectivity index (χ3v) is 9.18. The maximum Gasteiger partial charge on any atom is 0.319 e. The van der Waals surface area contributed by atoms with E-state index in [-0.39, 0.29) is 52.1 Å². The van der Waals surface area contributed by atoms with E-state index < -0.39 is 23.3 Å². The lowest BCUT2D eigenvalue weighted by Crippen LogP contribution is -2.43. The number of halogens is 3. The van der Waals surface area contributed by atoms with Crippen LogP contribution in [0.25, 0.3) is 32.9 Å². The molecule has 0 spiro atoms. The van der Waals surface area contributed by atoms with Crippen LogP contribution in [0, 0.1) is 24.0 Å². The van der Waals surface area contributed by atoms with Crippen molar-refractivity contribution in [1.29, 1.82) is 0 Å². The number of aromatic hydroxyl groups is 1. The number of phenols is 1. The highest BCUT2D eigenvalue weighted by Crippen LogP contribution is 2.42. The Labute approximate surface area is 252 Å². The number of aromatic nitrogens is 3. The van der Waals surface area contributed by atoms with Crippen LogP contribution in [0.15, 0.2) is 30.5 Å². The molecule has 0 amide bonds. The first-order chi connectivity index (χ1) is 21.3. The number of ether oxygens (including phenoxy) is 2. The standard InChI is InChI=1S/C33H32F3N5O3/c1-3-23-26(35)7-6-20-12-22(42)13-24(27(20)23)29-28(36)30-25(15-37-29)31(41-10-5-11-43-17-19(41)2)39-32(38-30)44-18-33-8-4-9-40(33)16-21(34)14-33/h1,6-7,12-13,15,19,21,42H,4-5,8-11,14,16-18H2,2H3/t19?,21-,33+/m1/s1. The lowest BCUT2D eigenvalue weighted by Gasteiger charge is -2.31. The minimum Gasteiger partial charge on any atom is -0.508 e. The zero-order valence-corrected chi connectivity index (χ0v) is 24.3. The van der Waals surface area contributed by atoms with Gasteiger partial charge >= 0.3 is 6.01 Å². The average Bonchev–Trinajstić information content (AvgIpc) is 3.44. The molecular weight excluding hydrogens is 571 g/mol. The van der Waals surface area contributed by atoms with E-state index in [2.05, 4.69) is 20.8 Å². The molecule has 0 bridgehead atoms. The Morgan fingerprint density at radius 2 is 2.07 bits per heavy atom. The normalized spacial score (nSPS) is 24.0. The monoisotopic (exact) mass is 603 g/mol. The van der Waals surface area contributed by atoms with Crippen molar-refractivity contribution in [3.05, 3.63) is 47.7 Å². The second-order valence-electron chi connectivity index (χ2n) is 12.0. The van der Waals surface area contributed by atoms with Crippen LogP contribution in [0.3, 0.4) is 0 Å². The summed E-state index contributed by atoms with van der Waals surface area (Å²) in [6.07, 6.45) is 9.09. The number of nitrogens with zero attached hydrogens (tertiary/aromatic N) is 5. The first kappa shape index (κ1) is 28.6. The molecule has 228 valence electrons. The summed E-state index contributed by atoms with van der Waals surface area (Å²) in [5.74, 6) is 1.22. The number of terminal acetylenes is 1. The highest BCUT2D eigenvalue weighted by atomic mass is 19.1. The smallest absolute Gasteiger partial charge is 0.319 e. The van der Waals surface area contributed by atoms with Gasteiger partial charge < -0.3 is 19.5 Å². The summed E-state index contributed by atoms with van der Waals surface area (Å²) in [4.78, 5) is 17.9. The van der Waals surface area contributed by atoms with Crippen molar-refractivity contribution in [1.82, 2.24) is 19.9 Å². The molecule has 3 aliphatic rings. The van der Waals surface area contributed by atoms with Crippen LogP contribution in [0.5, 0.6) is 11.8 Å². The summed E-state index contributed by atoms with van der Waals surface area (Å²) in [5.41, 5.74) is -0.572. The zero-order valence-electron chi connectivity index (χ0n) is 24.3. The molecular formula is C33H32F3N5O3. The van der Waals surface area contributed by atoms with Crippen LogP contribution in [0.2, 0.25) is 0 Å². The van der Waals surface area contributed by atoms with Gasteiger partial charge in [-0.3, -0.25) is 9.88 Å². The summed E-state index contributed by atoms with van der Waals surface area (Å²) in [6, 6.07) is 5.33. The quantitative estimate of drug-likeness (QED) is 0.305. The van der Waals surface area contributed by atoms with E-state index >= 15 is 4.39 Å². The Bertz CT molecular complexity index is 1810. The van der Waals surface area contributed by atoms with E-state index in [1.54, 1.807) is 0 Å². The Morgan fingerprint density at radius 3 is 2.91 bits per heavy atom. The number of benzene rings is 2. The van der Waals surface area contributed by atoms with Gasteiger partial charge in [0.05, 0.1) is 29.1 Å². The molecule has 8 nitrogen and oxygen atoms in total. The van der Waals surface area contributed by atoms with Gasteiger partial charge in [0, 0.05) is 43.3 Å². The van der Waals surface area contributed by atoms with Gasteiger partial charge in [0.15, 0.2) is 5.82 Å². The van der Waals surface area contributed by atoms with Gasteiger partial charge in [-0.2, -0.15) is 9.97 Å². The summed E-state index contributed by atoms with van der Waals surface area (Å²) >= 11 is 0. The van der Waals surface area contributed by atoms with Gasteiger partial charge in [0.25, 0.3) is 0 Å². The molecule has 3 atom stereocenters. The van der Waals surface area contributed by atoms with E-state index in [1.165, 1.54) is 30.5 Å². The Balaban J connectivity index is 1.39. The molecule has 3 aliphatic heterocycles.